The van der Waals surface area contributed by atoms with Crippen molar-refractivity contribution in [2.75, 3.05) is 24.6 Å². The van der Waals surface area contributed by atoms with Crippen LogP contribution in [0.15, 0.2) is 30.3 Å². The van der Waals surface area contributed by atoms with E-state index < -0.39 is 0 Å². The van der Waals surface area contributed by atoms with Gasteiger partial charge in [-0.15, -0.1) is 0 Å². The third-order valence-corrected chi connectivity index (χ3v) is 4.61. The van der Waals surface area contributed by atoms with Crippen LogP contribution in [0.2, 0.25) is 0 Å². The van der Waals surface area contributed by atoms with Crippen molar-refractivity contribution in [2.24, 2.45) is 0 Å². The molecule has 3 rings (SSSR count). The highest BCUT2D eigenvalue weighted by Gasteiger charge is 2.18. The molecule has 1 aromatic heterocycles. The monoisotopic (exact) mass is 301 g/mol. The summed E-state index contributed by atoms with van der Waals surface area (Å²) in [6, 6.07) is 9.77. The molecule has 1 aromatic carbocycles. The third kappa shape index (κ3) is 2.97. The lowest BCUT2D eigenvalue weighted by Crippen LogP contribution is -2.37. The molecule has 0 atom stereocenters. The van der Waals surface area contributed by atoms with Crippen LogP contribution in [0.5, 0.6) is 0 Å². The van der Waals surface area contributed by atoms with Crippen LogP contribution < -0.4 is 0 Å². The van der Waals surface area contributed by atoms with Crippen LogP contribution in [0.25, 0.3) is 5.69 Å². The van der Waals surface area contributed by atoms with Gasteiger partial charge in [-0.05, 0) is 44.2 Å². The van der Waals surface area contributed by atoms with Gasteiger partial charge < -0.3 is 4.90 Å². The largest absolute Gasteiger partial charge is 0.337 e. The predicted molar refractivity (Wildman–Crippen MR) is 86.3 cm³/mol. The van der Waals surface area contributed by atoms with E-state index in [2.05, 4.69) is 5.10 Å². The molecule has 110 valence electrons. The fourth-order valence-corrected chi connectivity index (χ4v) is 3.49. The number of rotatable bonds is 2. The van der Waals surface area contributed by atoms with Gasteiger partial charge in [0, 0.05) is 35.9 Å². The highest BCUT2D eigenvalue weighted by molar-refractivity contribution is 7.99. The Morgan fingerprint density at radius 2 is 1.81 bits per heavy atom. The first-order valence-corrected chi connectivity index (χ1v) is 8.31. The molecule has 4 nitrogen and oxygen atoms in total. The van der Waals surface area contributed by atoms with Gasteiger partial charge >= 0.3 is 0 Å². The van der Waals surface area contributed by atoms with E-state index in [4.69, 9.17) is 0 Å². The molecule has 2 heterocycles. The molecule has 1 saturated heterocycles. The van der Waals surface area contributed by atoms with Crippen molar-refractivity contribution in [1.82, 2.24) is 14.7 Å². The summed E-state index contributed by atoms with van der Waals surface area (Å²) in [7, 11) is 0. The van der Waals surface area contributed by atoms with Gasteiger partial charge in [0.1, 0.15) is 0 Å². The Hall–Kier alpha value is -1.75. The van der Waals surface area contributed by atoms with Crippen molar-refractivity contribution in [1.29, 1.82) is 0 Å². The van der Waals surface area contributed by atoms with Crippen molar-refractivity contribution in [2.45, 2.75) is 13.8 Å². The summed E-state index contributed by atoms with van der Waals surface area (Å²) in [5.41, 5.74) is 3.84. The van der Waals surface area contributed by atoms with Crippen LogP contribution in [0.1, 0.15) is 21.7 Å². The molecule has 2 aromatic rings. The normalized spacial score (nSPS) is 15.2. The average Bonchev–Trinajstić information content (AvgIpc) is 2.86. The lowest BCUT2D eigenvalue weighted by atomic mass is 10.1. The molecule has 1 amide bonds. The van der Waals surface area contributed by atoms with Crippen LogP contribution >= 0.6 is 11.8 Å². The summed E-state index contributed by atoms with van der Waals surface area (Å²) >= 11 is 1.91. The van der Waals surface area contributed by atoms with Gasteiger partial charge in [0.15, 0.2) is 0 Å². The Morgan fingerprint density at radius 3 is 2.38 bits per heavy atom. The molecule has 0 bridgehead atoms. The zero-order valence-corrected chi connectivity index (χ0v) is 13.2. The average molecular weight is 301 g/mol. The van der Waals surface area contributed by atoms with Gasteiger partial charge in [0.05, 0.1) is 11.4 Å². The Labute approximate surface area is 129 Å². The molecule has 0 aliphatic carbocycles. The standard InChI is InChI=1S/C16H19N3OS/c1-12-11-13(2)19(17-12)15-5-3-14(4-6-15)16(20)18-7-9-21-10-8-18/h3-6,11H,7-10H2,1-2H3. The molecular weight excluding hydrogens is 282 g/mol. The third-order valence-electron chi connectivity index (χ3n) is 3.67. The first-order valence-electron chi connectivity index (χ1n) is 7.16. The van der Waals surface area contributed by atoms with Gasteiger partial charge in [0.25, 0.3) is 5.91 Å². The first-order chi connectivity index (χ1) is 10.1. The second-order valence-electron chi connectivity index (χ2n) is 5.29. The minimum Gasteiger partial charge on any atom is -0.337 e. The zero-order valence-electron chi connectivity index (χ0n) is 12.4. The maximum atomic E-state index is 12.4. The van der Waals surface area contributed by atoms with E-state index in [9.17, 15) is 4.79 Å². The highest BCUT2D eigenvalue weighted by Crippen LogP contribution is 2.16. The fourth-order valence-electron chi connectivity index (χ4n) is 2.58. The van der Waals surface area contributed by atoms with Crippen LogP contribution in [-0.4, -0.2) is 45.2 Å². The number of benzene rings is 1. The van der Waals surface area contributed by atoms with E-state index in [1.165, 1.54) is 0 Å². The Bertz CT molecular complexity index is 642. The molecule has 0 saturated carbocycles. The minimum atomic E-state index is 0.134. The molecule has 1 fully saturated rings. The van der Waals surface area contributed by atoms with Gasteiger partial charge in [-0.3, -0.25) is 4.79 Å². The zero-order chi connectivity index (χ0) is 14.8. The summed E-state index contributed by atoms with van der Waals surface area (Å²) < 4.78 is 1.90. The summed E-state index contributed by atoms with van der Waals surface area (Å²) in [6.45, 7) is 5.71. The fraction of sp³-hybridized carbons (Fsp3) is 0.375. The van der Waals surface area contributed by atoms with Crippen LogP contribution in [-0.2, 0) is 0 Å². The number of hydrogen-bond acceptors (Lipinski definition) is 3. The van der Waals surface area contributed by atoms with E-state index >= 15 is 0 Å². The lowest BCUT2D eigenvalue weighted by Gasteiger charge is -2.26. The number of aryl methyl sites for hydroxylation is 2. The smallest absolute Gasteiger partial charge is 0.253 e. The number of amides is 1. The van der Waals surface area contributed by atoms with Crippen molar-refractivity contribution in [3.63, 3.8) is 0 Å². The Kier molecular flexibility index (Phi) is 4.01. The van der Waals surface area contributed by atoms with E-state index in [1.807, 2.05) is 65.5 Å². The number of carbonyl (C=O) groups is 1. The van der Waals surface area contributed by atoms with Crippen molar-refractivity contribution >= 4 is 17.7 Å². The maximum absolute atomic E-state index is 12.4. The van der Waals surface area contributed by atoms with E-state index in [1.54, 1.807) is 0 Å². The molecule has 5 heteroatoms. The van der Waals surface area contributed by atoms with E-state index in [0.29, 0.717) is 0 Å². The molecule has 0 radical (unpaired) electrons. The second-order valence-corrected chi connectivity index (χ2v) is 6.52. The van der Waals surface area contributed by atoms with Gasteiger partial charge in [-0.1, -0.05) is 0 Å². The maximum Gasteiger partial charge on any atom is 0.253 e. The van der Waals surface area contributed by atoms with Crippen LogP contribution in [0.4, 0.5) is 0 Å². The second kappa shape index (κ2) is 5.93. The quantitative estimate of drug-likeness (QED) is 0.856. The minimum absolute atomic E-state index is 0.134. The number of aromatic nitrogens is 2. The molecule has 1 aliphatic rings. The topological polar surface area (TPSA) is 38.1 Å². The van der Waals surface area contributed by atoms with Gasteiger partial charge in [-0.25, -0.2) is 4.68 Å². The van der Waals surface area contributed by atoms with Crippen LogP contribution in [0.3, 0.4) is 0 Å². The summed E-state index contributed by atoms with van der Waals surface area (Å²) in [6.07, 6.45) is 0. The van der Waals surface area contributed by atoms with E-state index in [-0.39, 0.29) is 5.91 Å². The predicted octanol–water partition coefficient (Wildman–Crippen LogP) is 2.68. The van der Waals surface area contributed by atoms with Crippen molar-refractivity contribution in [3.05, 3.63) is 47.3 Å². The highest BCUT2D eigenvalue weighted by atomic mass is 32.2. The molecule has 0 spiro atoms. The van der Waals surface area contributed by atoms with Gasteiger partial charge in [-0.2, -0.15) is 16.9 Å². The summed E-state index contributed by atoms with van der Waals surface area (Å²) in [4.78, 5) is 14.4. The number of thioether (sulfide) groups is 1. The Morgan fingerprint density at radius 1 is 1.14 bits per heavy atom. The molecule has 0 unspecified atom stereocenters. The lowest BCUT2D eigenvalue weighted by molar-refractivity contribution is 0.0772. The van der Waals surface area contributed by atoms with Crippen LogP contribution in [0, 0.1) is 13.8 Å². The van der Waals surface area contributed by atoms with Crippen molar-refractivity contribution in [3.8, 4) is 5.69 Å². The molecular formula is C16H19N3OS. The molecule has 0 N–H and O–H groups in total. The summed E-state index contributed by atoms with van der Waals surface area (Å²) in [5.74, 6) is 2.21. The molecule has 21 heavy (non-hydrogen) atoms. The number of hydrogen-bond donors (Lipinski definition) is 0. The summed E-state index contributed by atoms with van der Waals surface area (Å²) in [5, 5.41) is 4.46. The SMILES string of the molecule is Cc1cc(C)n(-c2ccc(C(=O)N3CCSCC3)cc2)n1. The number of carbonyl (C=O) groups excluding carboxylic acids is 1. The Balaban J connectivity index is 1.80. The number of nitrogens with zero attached hydrogens (tertiary/aromatic N) is 3. The van der Waals surface area contributed by atoms with E-state index in [0.717, 1.165) is 47.2 Å². The van der Waals surface area contributed by atoms with Gasteiger partial charge in [0.2, 0.25) is 0 Å². The van der Waals surface area contributed by atoms with Crippen molar-refractivity contribution < 1.29 is 4.79 Å². The molecule has 1 aliphatic heterocycles. The first kappa shape index (κ1) is 14.2.